The summed E-state index contributed by atoms with van der Waals surface area (Å²) in [5.41, 5.74) is 1.28. The smallest absolute Gasteiger partial charge is 0.405 e. The molecule has 3 rings (SSSR count). The van der Waals surface area contributed by atoms with Gasteiger partial charge in [0.2, 0.25) is 11.8 Å². The highest BCUT2D eigenvalue weighted by molar-refractivity contribution is 9.10. The number of halogens is 1. The minimum Gasteiger partial charge on any atom is -0.479 e. The van der Waals surface area contributed by atoms with Crippen molar-refractivity contribution in [2.45, 2.75) is 38.8 Å². The summed E-state index contributed by atoms with van der Waals surface area (Å²) >= 11 is 3.34. The number of carbonyl (C=O) groups is 2. The van der Waals surface area contributed by atoms with Crippen LogP contribution in [-0.2, 0) is 4.79 Å². The van der Waals surface area contributed by atoms with E-state index in [-0.39, 0.29) is 17.9 Å². The number of fused-ring (bicyclic) bond motifs is 1. The summed E-state index contributed by atoms with van der Waals surface area (Å²) in [6.07, 6.45) is 0.996. The lowest BCUT2D eigenvalue weighted by atomic mass is 9.80. The van der Waals surface area contributed by atoms with Gasteiger partial charge < -0.3 is 20.1 Å². The third-order valence-electron chi connectivity index (χ3n) is 4.81. The summed E-state index contributed by atoms with van der Waals surface area (Å²) in [6, 6.07) is 1.27. The molecule has 7 nitrogen and oxygen atoms in total. The number of hydrogen-bond donors (Lipinski definition) is 2. The molecule has 1 aromatic rings. The lowest BCUT2D eigenvalue weighted by Gasteiger charge is -2.45. The number of carbonyl (C=O) groups excluding carboxylic acids is 1. The molecule has 2 amide bonds. The van der Waals surface area contributed by atoms with Crippen molar-refractivity contribution in [1.29, 1.82) is 0 Å². The molecule has 0 saturated heterocycles. The van der Waals surface area contributed by atoms with E-state index in [4.69, 9.17) is 4.74 Å². The lowest BCUT2D eigenvalue weighted by Crippen LogP contribution is -2.53. The van der Waals surface area contributed by atoms with Gasteiger partial charge in [0.25, 0.3) is 0 Å². The van der Waals surface area contributed by atoms with Crippen molar-refractivity contribution in [2.24, 2.45) is 11.8 Å². The van der Waals surface area contributed by atoms with Crippen molar-refractivity contribution in [3.8, 4) is 5.88 Å². The number of amides is 2. The zero-order chi connectivity index (χ0) is 17.6. The molecule has 2 N–H and O–H groups in total. The maximum absolute atomic E-state index is 12.4. The minimum atomic E-state index is -1.09. The van der Waals surface area contributed by atoms with Crippen molar-refractivity contribution < 1.29 is 19.4 Å². The van der Waals surface area contributed by atoms with Crippen LogP contribution in [0.1, 0.15) is 38.3 Å². The zero-order valence-corrected chi connectivity index (χ0v) is 15.3. The van der Waals surface area contributed by atoms with E-state index in [0.29, 0.717) is 27.7 Å². The molecular formula is C16H20BrN3O4. The first kappa shape index (κ1) is 17.0. The monoisotopic (exact) mass is 397 g/mol. The molecule has 2 aliphatic rings. The molecule has 0 radical (unpaired) electrons. The van der Waals surface area contributed by atoms with E-state index in [1.54, 1.807) is 11.0 Å². The van der Waals surface area contributed by atoms with Gasteiger partial charge in [0, 0.05) is 24.4 Å². The molecule has 130 valence electrons. The first-order chi connectivity index (χ1) is 11.3. The van der Waals surface area contributed by atoms with Gasteiger partial charge in [-0.05, 0) is 40.8 Å². The van der Waals surface area contributed by atoms with Gasteiger partial charge in [-0.25, -0.2) is 9.78 Å². The third kappa shape index (κ3) is 2.83. The second-order valence-corrected chi connectivity index (χ2v) is 7.21. The van der Waals surface area contributed by atoms with Gasteiger partial charge in [-0.1, -0.05) is 6.92 Å². The Morgan fingerprint density at radius 3 is 2.62 bits per heavy atom. The molecule has 24 heavy (non-hydrogen) atoms. The standard InChI is InChI=1S/C16H20BrN3O4/c1-7-12(19-16(22)23)10-6-11(17)18-15(24-3)14(10)20(8(2)21)13(7)9-4-5-9/h6-7,9,12-13,19H,4-5H2,1-3H3,(H,22,23)/t7-,12-,13-/m1/s1. The first-order valence-corrected chi connectivity index (χ1v) is 8.68. The first-order valence-electron chi connectivity index (χ1n) is 7.88. The van der Waals surface area contributed by atoms with Gasteiger partial charge in [-0.15, -0.1) is 0 Å². The van der Waals surface area contributed by atoms with Crippen LogP contribution >= 0.6 is 15.9 Å². The van der Waals surface area contributed by atoms with Gasteiger partial charge in [-0.3, -0.25) is 4.79 Å². The van der Waals surface area contributed by atoms with Crippen LogP contribution in [0.3, 0.4) is 0 Å². The second kappa shape index (κ2) is 6.23. The molecule has 3 atom stereocenters. The SMILES string of the molecule is COc1nc(Br)cc2c1N(C(C)=O)[C@@H](C1CC1)[C@H](C)[C@H]2NC(=O)O. The van der Waals surface area contributed by atoms with E-state index in [2.05, 4.69) is 26.2 Å². The van der Waals surface area contributed by atoms with Crippen molar-refractivity contribution >= 4 is 33.6 Å². The largest absolute Gasteiger partial charge is 0.479 e. The maximum atomic E-state index is 12.4. The number of methoxy groups -OCH3 is 1. The Morgan fingerprint density at radius 1 is 1.46 bits per heavy atom. The summed E-state index contributed by atoms with van der Waals surface area (Å²) < 4.78 is 5.94. The van der Waals surface area contributed by atoms with Gasteiger partial charge in [0.1, 0.15) is 10.3 Å². The molecule has 1 fully saturated rings. The number of aromatic nitrogens is 1. The topological polar surface area (TPSA) is 91.8 Å². The summed E-state index contributed by atoms with van der Waals surface area (Å²) in [7, 11) is 1.50. The van der Waals surface area contributed by atoms with Crippen LogP contribution in [0.25, 0.3) is 0 Å². The van der Waals surface area contributed by atoms with Crippen LogP contribution in [0.5, 0.6) is 5.88 Å². The Hall–Kier alpha value is -1.83. The van der Waals surface area contributed by atoms with Crippen LogP contribution in [0.15, 0.2) is 10.7 Å². The molecule has 0 bridgehead atoms. The van der Waals surface area contributed by atoms with Crippen LogP contribution in [-0.4, -0.2) is 35.2 Å². The van der Waals surface area contributed by atoms with E-state index < -0.39 is 12.1 Å². The number of nitrogens with zero attached hydrogens (tertiary/aromatic N) is 2. The second-order valence-electron chi connectivity index (χ2n) is 6.40. The van der Waals surface area contributed by atoms with E-state index in [0.717, 1.165) is 12.8 Å². The molecule has 1 aromatic heterocycles. The number of carboxylic acid groups (broad SMARTS) is 1. The molecule has 0 spiro atoms. The summed E-state index contributed by atoms with van der Waals surface area (Å²) in [6.45, 7) is 3.52. The fourth-order valence-electron chi connectivity index (χ4n) is 3.78. The Kier molecular flexibility index (Phi) is 4.42. The van der Waals surface area contributed by atoms with Gasteiger partial charge in [0.05, 0.1) is 13.2 Å². The van der Waals surface area contributed by atoms with Crippen molar-refractivity contribution in [2.75, 3.05) is 12.0 Å². The molecule has 0 unspecified atom stereocenters. The Balaban J connectivity index is 2.22. The average molecular weight is 398 g/mol. The van der Waals surface area contributed by atoms with E-state index in [1.165, 1.54) is 14.0 Å². The zero-order valence-electron chi connectivity index (χ0n) is 13.7. The Labute approximate surface area is 148 Å². The van der Waals surface area contributed by atoms with Gasteiger partial charge in [0.15, 0.2) is 0 Å². The normalized spacial score (nSPS) is 25.8. The Morgan fingerprint density at radius 2 is 2.12 bits per heavy atom. The lowest BCUT2D eigenvalue weighted by molar-refractivity contribution is -0.117. The molecule has 8 heteroatoms. The highest BCUT2D eigenvalue weighted by atomic mass is 79.9. The fraction of sp³-hybridized carbons (Fsp3) is 0.562. The number of ether oxygens (including phenoxy) is 1. The average Bonchev–Trinajstić information content (AvgIpc) is 3.32. The summed E-state index contributed by atoms with van der Waals surface area (Å²) in [5.74, 6) is 0.563. The molecule has 2 heterocycles. The fourth-order valence-corrected chi connectivity index (χ4v) is 4.18. The predicted octanol–water partition coefficient (Wildman–Crippen LogP) is 2.94. The van der Waals surface area contributed by atoms with Gasteiger partial charge >= 0.3 is 6.09 Å². The van der Waals surface area contributed by atoms with E-state index in [1.807, 2.05) is 6.92 Å². The Bertz CT molecular complexity index is 692. The predicted molar refractivity (Wildman–Crippen MR) is 91.2 cm³/mol. The number of pyridine rings is 1. The number of hydrogen-bond acceptors (Lipinski definition) is 4. The molecule has 1 aliphatic carbocycles. The van der Waals surface area contributed by atoms with E-state index in [9.17, 15) is 14.7 Å². The van der Waals surface area contributed by atoms with Crippen LogP contribution in [0, 0.1) is 11.8 Å². The number of nitrogens with one attached hydrogen (secondary N) is 1. The third-order valence-corrected chi connectivity index (χ3v) is 5.22. The quantitative estimate of drug-likeness (QED) is 0.764. The summed E-state index contributed by atoms with van der Waals surface area (Å²) in [4.78, 5) is 29.8. The molecule has 1 saturated carbocycles. The highest BCUT2D eigenvalue weighted by Crippen LogP contribution is 2.51. The van der Waals surface area contributed by atoms with Crippen LogP contribution in [0.2, 0.25) is 0 Å². The minimum absolute atomic E-state index is 0.0518. The van der Waals surface area contributed by atoms with Gasteiger partial charge in [-0.2, -0.15) is 0 Å². The van der Waals surface area contributed by atoms with Crippen molar-refractivity contribution in [1.82, 2.24) is 10.3 Å². The van der Waals surface area contributed by atoms with Crippen molar-refractivity contribution in [3.63, 3.8) is 0 Å². The molecule has 0 aromatic carbocycles. The van der Waals surface area contributed by atoms with Crippen molar-refractivity contribution in [3.05, 3.63) is 16.2 Å². The summed E-state index contributed by atoms with van der Waals surface area (Å²) in [5, 5.41) is 11.9. The molecule has 1 aliphatic heterocycles. The van der Waals surface area contributed by atoms with Crippen LogP contribution < -0.4 is 15.0 Å². The molecular weight excluding hydrogens is 378 g/mol. The maximum Gasteiger partial charge on any atom is 0.405 e. The van der Waals surface area contributed by atoms with E-state index >= 15 is 0 Å². The van der Waals surface area contributed by atoms with Crippen LogP contribution in [0.4, 0.5) is 10.5 Å². The number of anilines is 1. The highest BCUT2D eigenvalue weighted by Gasteiger charge is 2.49. The number of rotatable bonds is 3.